The van der Waals surface area contributed by atoms with E-state index in [1.165, 1.54) is 24.9 Å². The first-order valence-corrected chi connectivity index (χ1v) is 8.42. The van der Waals surface area contributed by atoms with Crippen LogP contribution >= 0.6 is 24.8 Å². The van der Waals surface area contributed by atoms with Crippen LogP contribution in [-0.2, 0) is 6.42 Å². The Bertz CT molecular complexity index is 514. The fraction of sp³-hybridized carbons (Fsp3) is 0.579. The van der Waals surface area contributed by atoms with Gasteiger partial charge in [-0.3, -0.25) is 4.90 Å². The highest BCUT2D eigenvalue weighted by molar-refractivity contribution is 5.85. The molecular formula is C19H32Cl2N2O2. The van der Waals surface area contributed by atoms with Gasteiger partial charge in [-0.15, -0.1) is 31.4 Å². The minimum atomic E-state index is 0. The lowest BCUT2D eigenvalue weighted by Gasteiger charge is -2.37. The monoisotopic (exact) mass is 390 g/mol. The van der Waals surface area contributed by atoms with Gasteiger partial charge in [-0.2, -0.15) is 0 Å². The predicted octanol–water partition coefficient (Wildman–Crippen LogP) is 3.67. The third-order valence-corrected chi connectivity index (χ3v) is 4.69. The summed E-state index contributed by atoms with van der Waals surface area (Å²) in [5, 5.41) is 0. The minimum absolute atomic E-state index is 0. The molecule has 2 rings (SSSR count). The van der Waals surface area contributed by atoms with Crippen LogP contribution in [-0.4, -0.2) is 63.3 Å². The molecule has 0 N–H and O–H groups in total. The molecule has 0 saturated carbocycles. The van der Waals surface area contributed by atoms with Crippen molar-refractivity contribution in [2.45, 2.75) is 25.3 Å². The Morgan fingerprint density at radius 1 is 1.24 bits per heavy atom. The van der Waals surface area contributed by atoms with Gasteiger partial charge in [-0.05, 0) is 50.6 Å². The molecule has 1 saturated heterocycles. The highest BCUT2D eigenvalue weighted by Crippen LogP contribution is 2.27. The summed E-state index contributed by atoms with van der Waals surface area (Å²) in [6.45, 7) is 8.26. The van der Waals surface area contributed by atoms with Crippen LogP contribution in [0.5, 0.6) is 11.5 Å². The number of nitrogens with zero attached hydrogens (tertiary/aromatic N) is 2. The average molecular weight is 391 g/mol. The summed E-state index contributed by atoms with van der Waals surface area (Å²) in [7, 11) is 5.59. The van der Waals surface area contributed by atoms with E-state index >= 15 is 0 Å². The fourth-order valence-electron chi connectivity index (χ4n) is 3.26. The largest absolute Gasteiger partial charge is 0.493 e. The van der Waals surface area contributed by atoms with Gasteiger partial charge >= 0.3 is 0 Å². The van der Waals surface area contributed by atoms with Gasteiger partial charge in [-0.1, -0.05) is 12.1 Å². The Morgan fingerprint density at radius 2 is 1.96 bits per heavy atom. The lowest BCUT2D eigenvalue weighted by atomic mass is 10.0. The zero-order valence-electron chi connectivity index (χ0n) is 15.6. The topological polar surface area (TPSA) is 24.9 Å². The smallest absolute Gasteiger partial charge is 0.160 e. The van der Waals surface area contributed by atoms with E-state index in [1.54, 1.807) is 14.2 Å². The van der Waals surface area contributed by atoms with Gasteiger partial charge in [0.15, 0.2) is 11.5 Å². The van der Waals surface area contributed by atoms with Crippen LogP contribution in [0.1, 0.15) is 18.4 Å². The fourth-order valence-corrected chi connectivity index (χ4v) is 3.26. The van der Waals surface area contributed by atoms with E-state index in [-0.39, 0.29) is 24.8 Å². The van der Waals surface area contributed by atoms with Gasteiger partial charge in [0, 0.05) is 25.7 Å². The molecule has 0 amide bonds. The highest BCUT2D eigenvalue weighted by Gasteiger charge is 2.22. The predicted molar refractivity (Wildman–Crippen MR) is 110 cm³/mol. The third-order valence-electron chi connectivity index (χ3n) is 4.69. The van der Waals surface area contributed by atoms with Crippen LogP contribution in [0.15, 0.2) is 30.9 Å². The first-order valence-electron chi connectivity index (χ1n) is 8.42. The Morgan fingerprint density at radius 3 is 2.60 bits per heavy atom. The van der Waals surface area contributed by atoms with Crippen molar-refractivity contribution in [3.8, 4) is 11.5 Å². The molecule has 1 aliphatic rings. The van der Waals surface area contributed by atoms with Gasteiger partial charge in [0.25, 0.3) is 0 Å². The maximum absolute atomic E-state index is 5.39. The second kappa shape index (κ2) is 12.4. The molecule has 0 aliphatic carbocycles. The van der Waals surface area contributed by atoms with Crippen molar-refractivity contribution in [3.05, 3.63) is 36.4 Å². The van der Waals surface area contributed by atoms with Crippen LogP contribution in [0.25, 0.3) is 0 Å². The number of hydrogen-bond donors (Lipinski definition) is 0. The molecule has 1 aromatic rings. The molecule has 1 atom stereocenters. The van der Waals surface area contributed by atoms with Gasteiger partial charge < -0.3 is 14.4 Å². The molecule has 1 aromatic carbocycles. The number of likely N-dealkylation sites (N-methyl/N-ethyl adjacent to an activating group) is 1. The van der Waals surface area contributed by atoms with E-state index in [1.807, 2.05) is 12.1 Å². The minimum Gasteiger partial charge on any atom is -0.493 e. The molecule has 1 aliphatic heterocycles. The van der Waals surface area contributed by atoms with E-state index < -0.39 is 0 Å². The Labute approximate surface area is 165 Å². The molecule has 25 heavy (non-hydrogen) atoms. The number of likely N-dealkylation sites (tertiary alicyclic amines) is 1. The molecule has 1 heterocycles. The van der Waals surface area contributed by atoms with Crippen molar-refractivity contribution in [1.29, 1.82) is 0 Å². The molecule has 0 aromatic heterocycles. The Hall–Kier alpha value is -0.940. The van der Waals surface area contributed by atoms with Crippen LogP contribution in [0.3, 0.4) is 0 Å². The molecule has 4 nitrogen and oxygen atoms in total. The van der Waals surface area contributed by atoms with E-state index in [0.29, 0.717) is 6.04 Å². The lowest BCUT2D eigenvalue weighted by molar-refractivity contribution is 0.126. The van der Waals surface area contributed by atoms with Crippen molar-refractivity contribution in [1.82, 2.24) is 9.80 Å². The van der Waals surface area contributed by atoms with Gasteiger partial charge in [0.1, 0.15) is 0 Å². The molecule has 144 valence electrons. The van der Waals surface area contributed by atoms with E-state index in [2.05, 4.69) is 35.6 Å². The number of hydrogen-bond acceptors (Lipinski definition) is 4. The van der Waals surface area contributed by atoms with E-state index in [0.717, 1.165) is 37.6 Å². The Kier molecular flexibility index (Phi) is 12.0. The molecular weight excluding hydrogens is 359 g/mol. The number of halogens is 2. The number of ether oxygens (including phenoxy) is 2. The molecule has 1 fully saturated rings. The first kappa shape index (κ1) is 24.1. The normalized spacial score (nSPS) is 17.4. The van der Waals surface area contributed by atoms with Crippen molar-refractivity contribution in [2.75, 3.05) is 47.4 Å². The zero-order chi connectivity index (χ0) is 16.7. The lowest BCUT2D eigenvalue weighted by Crippen LogP contribution is -2.46. The zero-order valence-corrected chi connectivity index (χ0v) is 17.2. The van der Waals surface area contributed by atoms with E-state index in [4.69, 9.17) is 9.47 Å². The quantitative estimate of drug-likeness (QED) is 0.632. The van der Waals surface area contributed by atoms with Gasteiger partial charge in [-0.25, -0.2) is 0 Å². The van der Waals surface area contributed by atoms with Crippen LogP contribution in [0.4, 0.5) is 0 Å². The summed E-state index contributed by atoms with van der Waals surface area (Å²) in [5.74, 6) is 1.60. The summed E-state index contributed by atoms with van der Waals surface area (Å²) in [6, 6.07) is 6.84. The van der Waals surface area contributed by atoms with Crippen molar-refractivity contribution >= 4 is 24.8 Å². The highest BCUT2D eigenvalue weighted by atomic mass is 35.5. The van der Waals surface area contributed by atoms with E-state index in [9.17, 15) is 0 Å². The van der Waals surface area contributed by atoms with Crippen LogP contribution < -0.4 is 9.47 Å². The second-order valence-electron chi connectivity index (χ2n) is 6.26. The van der Waals surface area contributed by atoms with Crippen molar-refractivity contribution in [2.24, 2.45) is 0 Å². The maximum atomic E-state index is 5.39. The average Bonchev–Trinajstić information content (AvgIpc) is 2.59. The number of rotatable bonds is 8. The summed E-state index contributed by atoms with van der Waals surface area (Å²) < 4.78 is 10.7. The summed E-state index contributed by atoms with van der Waals surface area (Å²) in [4.78, 5) is 4.99. The molecule has 0 spiro atoms. The van der Waals surface area contributed by atoms with Gasteiger partial charge in [0.2, 0.25) is 0 Å². The number of piperidine rings is 1. The SMILES string of the molecule is C=CCN1CCCC(N(C)CCc2ccc(OC)c(OC)c2)C1.Cl.Cl. The molecule has 0 bridgehead atoms. The number of methoxy groups -OCH3 is 2. The standard InChI is InChI=1S/C19H30N2O2.2ClH/c1-5-11-21-12-6-7-17(15-21)20(2)13-10-16-8-9-18(22-3)19(14-16)23-4;;/h5,8-9,14,17H,1,6-7,10-13,15H2,2-4H3;2*1H. The van der Waals surface area contributed by atoms with Gasteiger partial charge in [0.05, 0.1) is 14.2 Å². The third kappa shape index (κ3) is 7.06. The molecule has 0 radical (unpaired) electrons. The van der Waals surface area contributed by atoms with Crippen LogP contribution in [0, 0.1) is 0 Å². The maximum Gasteiger partial charge on any atom is 0.160 e. The second-order valence-corrected chi connectivity index (χ2v) is 6.26. The summed E-state index contributed by atoms with van der Waals surface area (Å²) >= 11 is 0. The van der Waals surface area contributed by atoms with Crippen LogP contribution in [0.2, 0.25) is 0 Å². The number of benzene rings is 1. The Balaban J connectivity index is 0.00000288. The van der Waals surface area contributed by atoms with Crippen molar-refractivity contribution in [3.63, 3.8) is 0 Å². The molecule has 1 unspecified atom stereocenters. The first-order chi connectivity index (χ1) is 11.2. The van der Waals surface area contributed by atoms with Crippen molar-refractivity contribution < 1.29 is 9.47 Å². The summed E-state index contributed by atoms with van der Waals surface area (Å²) in [5.41, 5.74) is 1.29. The summed E-state index contributed by atoms with van der Waals surface area (Å²) in [6.07, 6.45) is 5.59. The molecule has 6 heteroatoms.